The Bertz CT molecular complexity index is 274. The monoisotopic (exact) mass is 198 g/mol. The van der Waals surface area contributed by atoms with Crippen LogP contribution in [-0.4, -0.2) is 20.0 Å². The predicted molar refractivity (Wildman–Crippen MR) is 57.1 cm³/mol. The summed E-state index contributed by atoms with van der Waals surface area (Å²) in [7, 11) is 3.31. The molecule has 0 unspecified atom stereocenters. The molecule has 0 N–H and O–H groups in total. The molecule has 0 aliphatic heterocycles. The first kappa shape index (κ1) is 10.3. The van der Waals surface area contributed by atoms with E-state index in [1.165, 1.54) is 5.56 Å². The van der Waals surface area contributed by atoms with Gasteiger partial charge >= 0.3 is 0 Å². The molecule has 0 spiro atoms. The van der Waals surface area contributed by atoms with Crippen LogP contribution in [0.3, 0.4) is 0 Å². The number of benzene rings is 1. The third kappa shape index (κ3) is 2.56. The van der Waals surface area contributed by atoms with E-state index in [4.69, 9.17) is 9.47 Å². The molecule has 0 atom stereocenters. The highest BCUT2D eigenvalue weighted by atomic mass is 32.1. The molecule has 0 aromatic heterocycles. The van der Waals surface area contributed by atoms with E-state index in [1.807, 2.05) is 18.2 Å². The Hall–Kier alpha value is -0.830. The van der Waals surface area contributed by atoms with Crippen LogP contribution in [0.2, 0.25) is 0 Å². The molecule has 0 saturated heterocycles. The van der Waals surface area contributed by atoms with Crippen molar-refractivity contribution < 1.29 is 9.47 Å². The highest BCUT2D eigenvalue weighted by Gasteiger charge is 2.03. The zero-order valence-corrected chi connectivity index (χ0v) is 8.80. The second-order valence-corrected chi connectivity index (χ2v) is 3.10. The second-order valence-electron chi connectivity index (χ2n) is 2.65. The molecule has 0 heterocycles. The van der Waals surface area contributed by atoms with Gasteiger partial charge in [-0.05, 0) is 23.8 Å². The Morgan fingerprint density at radius 1 is 1.23 bits per heavy atom. The molecule has 0 aliphatic rings. The fourth-order valence-corrected chi connectivity index (χ4v) is 1.42. The van der Waals surface area contributed by atoms with Crippen LogP contribution in [0.4, 0.5) is 0 Å². The van der Waals surface area contributed by atoms with Gasteiger partial charge in [0.2, 0.25) is 0 Å². The molecule has 3 heteroatoms. The number of hydrogen-bond acceptors (Lipinski definition) is 3. The van der Waals surface area contributed by atoms with E-state index in [0.717, 1.165) is 23.7 Å². The number of thiol groups is 1. The van der Waals surface area contributed by atoms with E-state index >= 15 is 0 Å². The van der Waals surface area contributed by atoms with Gasteiger partial charge in [0.15, 0.2) is 0 Å². The maximum Gasteiger partial charge on any atom is 0.125 e. The van der Waals surface area contributed by atoms with Crippen molar-refractivity contribution in [3.05, 3.63) is 23.8 Å². The first-order chi connectivity index (χ1) is 6.31. The summed E-state index contributed by atoms with van der Waals surface area (Å²) in [5.41, 5.74) is 1.17. The maximum absolute atomic E-state index is 5.23. The highest BCUT2D eigenvalue weighted by Crippen LogP contribution is 2.24. The minimum absolute atomic E-state index is 0.819. The molecule has 13 heavy (non-hydrogen) atoms. The molecule has 1 aromatic carbocycles. The molecular formula is C10H14O2S. The van der Waals surface area contributed by atoms with Gasteiger partial charge in [-0.15, -0.1) is 0 Å². The van der Waals surface area contributed by atoms with E-state index in [1.54, 1.807) is 14.2 Å². The second kappa shape index (κ2) is 5.02. The fourth-order valence-electron chi connectivity index (χ4n) is 1.18. The van der Waals surface area contributed by atoms with Gasteiger partial charge in [-0.25, -0.2) is 0 Å². The average molecular weight is 198 g/mol. The summed E-state index contributed by atoms with van der Waals surface area (Å²) in [6.07, 6.45) is 0.913. The van der Waals surface area contributed by atoms with Crippen molar-refractivity contribution in [3.8, 4) is 11.5 Å². The lowest BCUT2D eigenvalue weighted by Crippen LogP contribution is -1.94. The van der Waals surface area contributed by atoms with Crippen LogP contribution < -0.4 is 9.47 Å². The first-order valence-corrected chi connectivity index (χ1v) is 4.77. The minimum atomic E-state index is 0.819. The molecule has 0 saturated carbocycles. The van der Waals surface area contributed by atoms with E-state index in [0.29, 0.717) is 0 Å². The van der Waals surface area contributed by atoms with E-state index in [2.05, 4.69) is 12.6 Å². The van der Waals surface area contributed by atoms with Gasteiger partial charge in [-0.1, -0.05) is 6.07 Å². The minimum Gasteiger partial charge on any atom is -0.497 e. The predicted octanol–water partition coefficient (Wildman–Crippen LogP) is 2.18. The zero-order chi connectivity index (χ0) is 9.68. The smallest absolute Gasteiger partial charge is 0.125 e. The topological polar surface area (TPSA) is 18.5 Å². The van der Waals surface area contributed by atoms with Crippen LogP contribution in [0, 0.1) is 0 Å². The summed E-state index contributed by atoms with van der Waals surface area (Å²) in [6, 6.07) is 5.83. The Morgan fingerprint density at radius 3 is 2.54 bits per heavy atom. The standard InChI is InChI=1S/C10H14O2S/c1-11-9-4-3-8(5-6-13)10(7-9)12-2/h3-4,7,13H,5-6H2,1-2H3. The third-order valence-electron chi connectivity index (χ3n) is 1.88. The molecule has 2 nitrogen and oxygen atoms in total. The van der Waals surface area contributed by atoms with Gasteiger partial charge in [-0.3, -0.25) is 0 Å². The molecule has 1 rings (SSSR count). The number of hydrogen-bond donors (Lipinski definition) is 1. The SMILES string of the molecule is COc1ccc(CCS)c(OC)c1. The molecule has 0 radical (unpaired) electrons. The van der Waals surface area contributed by atoms with Gasteiger partial charge in [-0.2, -0.15) is 12.6 Å². The van der Waals surface area contributed by atoms with Gasteiger partial charge in [0.1, 0.15) is 11.5 Å². The lowest BCUT2D eigenvalue weighted by molar-refractivity contribution is 0.391. The van der Waals surface area contributed by atoms with Crippen LogP contribution in [-0.2, 0) is 6.42 Å². The quantitative estimate of drug-likeness (QED) is 0.747. The van der Waals surface area contributed by atoms with Crippen molar-refractivity contribution in [1.82, 2.24) is 0 Å². The molecule has 0 fully saturated rings. The number of rotatable bonds is 4. The summed E-state index contributed by atoms with van der Waals surface area (Å²) in [5.74, 6) is 2.51. The Labute approximate surface area is 84.3 Å². The summed E-state index contributed by atoms with van der Waals surface area (Å²) in [6.45, 7) is 0. The van der Waals surface area contributed by atoms with Gasteiger partial charge < -0.3 is 9.47 Å². The number of ether oxygens (including phenoxy) is 2. The normalized spacial score (nSPS) is 9.77. The largest absolute Gasteiger partial charge is 0.497 e. The summed E-state index contributed by atoms with van der Waals surface area (Å²) < 4.78 is 10.3. The van der Waals surface area contributed by atoms with Crippen molar-refractivity contribution in [2.24, 2.45) is 0 Å². The van der Waals surface area contributed by atoms with Crippen molar-refractivity contribution in [1.29, 1.82) is 0 Å². The maximum atomic E-state index is 5.23. The van der Waals surface area contributed by atoms with Crippen LogP contribution in [0.1, 0.15) is 5.56 Å². The van der Waals surface area contributed by atoms with Crippen molar-refractivity contribution >= 4 is 12.6 Å². The van der Waals surface area contributed by atoms with Crippen molar-refractivity contribution in [2.45, 2.75) is 6.42 Å². The molecule has 0 bridgehead atoms. The average Bonchev–Trinajstić information content (AvgIpc) is 2.19. The van der Waals surface area contributed by atoms with E-state index in [9.17, 15) is 0 Å². The fraction of sp³-hybridized carbons (Fsp3) is 0.400. The van der Waals surface area contributed by atoms with E-state index < -0.39 is 0 Å². The van der Waals surface area contributed by atoms with Gasteiger partial charge in [0, 0.05) is 6.07 Å². The third-order valence-corrected chi connectivity index (χ3v) is 2.10. The van der Waals surface area contributed by atoms with Crippen LogP contribution in [0.25, 0.3) is 0 Å². The number of aryl methyl sites for hydroxylation is 1. The molecule has 72 valence electrons. The van der Waals surface area contributed by atoms with Crippen molar-refractivity contribution in [3.63, 3.8) is 0 Å². The molecule has 0 amide bonds. The van der Waals surface area contributed by atoms with Gasteiger partial charge in [0.25, 0.3) is 0 Å². The summed E-state index contributed by atoms with van der Waals surface area (Å²) in [4.78, 5) is 0. The van der Waals surface area contributed by atoms with Crippen LogP contribution in [0.5, 0.6) is 11.5 Å². The molecule has 1 aromatic rings. The lowest BCUT2D eigenvalue weighted by atomic mass is 10.1. The Kier molecular flexibility index (Phi) is 3.96. The first-order valence-electron chi connectivity index (χ1n) is 4.13. The van der Waals surface area contributed by atoms with Crippen LogP contribution >= 0.6 is 12.6 Å². The van der Waals surface area contributed by atoms with Crippen molar-refractivity contribution in [2.75, 3.05) is 20.0 Å². The summed E-state index contributed by atoms with van der Waals surface area (Å²) >= 11 is 4.18. The van der Waals surface area contributed by atoms with Gasteiger partial charge in [0.05, 0.1) is 14.2 Å². The highest BCUT2D eigenvalue weighted by molar-refractivity contribution is 7.80. The van der Waals surface area contributed by atoms with E-state index in [-0.39, 0.29) is 0 Å². The molecule has 0 aliphatic carbocycles. The number of methoxy groups -OCH3 is 2. The van der Waals surface area contributed by atoms with Crippen LogP contribution in [0.15, 0.2) is 18.2 Å². The zero-order valence-electron chi connectivity index (χ0n) is 7.91. The Balaban J connectivity index is 2.93. The summed E-state index contributed by atoms with van der Waals surface area (Å²) in [5, 5.41) is 0. The molecular weight excluding hydrogens is 184 g/mol. The lowest BCUT2D eigenvalue weighted by Gasteiger charge is -2.08. The Morgan fingerprint density at radius 2 is 2.00 bits per heavy atom.